The lowest BCUT2D eigenvalue weighted by Crippen LogP contribution is -2.51. The van der Waals surface area contributed by atoms with E-state index < -0.39 is 0 Å². The number of rotatable bonds is 5. The molecule has 0 bridgehead atoms. The van der Waals surface area contributed by atoms with Crippen LogP contribution < -0.4 is 4.90 Å². The Bertz CT molecular complexity index is 515. The molecule has 1 heteroatoms. The van der Waals surface area contributed by atoms with Crippen LogP contribution in [0.25, 0.3) is 0 Å². The Labute approximate surface area is 129 Å². The predicted molar refractivity (Wildman–Crippen MR) is 93.2 cm³/mol. The summed E-state index contributed by atoms with van der Waals surface area (Å²) in [7, 11) is 0. The van der Waals surface area contributed by atoms with Crippen molar-refractivity contribution in [3.05, 3.63) is 60.7 Å². The minimum absolute atomic E-state index is 0.00442. The molecule has 1 nitrogen and oxygen atoms in total. The highest BCUT2D eigenvalue weighted by Gasteiger charge is 2.41. The van der Waals surface area contributed by atoms with Crippen LogP contribution in [0.3, 0.4) is 0 Å². The van der Waals surface area contributed by atoms with Crippen LogP contribution in [-0.2, 0) is 0 Å². The third-order valence-corrected chi connectivity index (χ3v) is 5.13. The first-order valence-corrected chi connectivity index (χ1v) is 7.80. The van der Waals surface area contributed by atoms with Gasteiger partial charge in [0.2, 0.25) is 0 Å². The maximum Gasteiger partial charge on any atom is 0.0445 e. The van der Waals surface area contributed by atoms with Gasteiger partial charge in [-0.2, -0.15) is 0 Å². The summed E-state index contributed by atoms with van der Waals surface area (Å²) in [4.78, 5) is 2.47. The molecule has 2 rings (SSSR count). The van der Waals surface area contributed by atoms with Gasteiger partial charge in [-0.1, -0.05) is 57.2 Å². The largest absolute Gasteiger partial charge is 0.335 e. The van der Waals surface area contributed by atoms with E-state index in [1.165, 1.54) is 11.4 Å². The smallest absolute Gasteiger partial charge is 0.0445 e. The summed E-state index contributed by atoms with van der Waals surface area (Å²) in [5.74, 6) is 0. The first-order valence-electron chi connectivity index (χ1n) is 7.80. The second-order valence-corrected chi connectivity index (χ2v) is 6.80. The Morgan fingerprint density at radius 3 is 1.43 bits per heavy atom. The lowest BCUT2D eigenvalue weighted by molar-refractivity contribution is 0.193. The van der Waals surface area contributed by atoms with E-state index in [1.54, 1.807) is 0 Å². The summed E-state index contributed by atoms with van der Waals surface area (Å²) in [6, 6.07) is 21.4. The van der Waals surface area contributed by atoms with E-state index >= 15 is 0 Å². The van der Waals surface area contributed by atoms with Crippen LogP contribution in [-0.4, -0.2) is 5.54 Å². The van der Waals surface area contributed by atoms with Crippen molar-refractivity contribution in [2.75, 3.05) is 4.90 Å². The Hall–Kier alpha value is -1.76. The van der Waals surface area contributed by atoms with Gasteiger partial charge in [-0.3, -0.25) is 0 Å². The zero-order valence-corrected chi connectivity index (χ0v) is 13.9. The molecular formula is C20H27N. The Morgan fingerprint density at radius 1 is 0.714 bits per heavy atom. The van der Waals surface area contributed by atoms with Gasteiger partial charge < -0.3 is 4.90 Å². The molecule has 112 valence electrons. The fourth-order valence-corrected chi connectivity index (χ4v) is 2.68. The monoisotopic (exact) mass is 281 g/mol. The molecule has 0 aliphatic carbocycles. The van der Waals surface area contributed by atoms with Gasteiger partial charge in [0.05, 0.1) is 0 Å². The van der Waals surface area contributed by atoms with Gasteiger partial charge in [0.1, 0.15) is 0 Å². The second-order valence-electron chi connectivity index (χ2n) is 6.80. The predicted octanol–water partition coefficient (Wildman–Crippen LogP) is 6.04. The molecule has 0 aromatic heterocycles. The topological polar surface area (TPSA) is 3.24 Å². The van der Waals surface area contributed by atoms with Crippen molar-refractivity contribution in [3.63, 3.8) is 0 Å². The van der Waals surface area contributed by atoms with Gasteiger partial charge in [-0.15, -0.1) is 0 Å². The molecule has 0 aliphatic rings. The molecular weight excluding hydrogens is 254 g/mol. The van der Waals surface area contributed by atoms with Crippen LogP contribution in [0.15, 0.2) is 60.7 Å². The highest BCUT2D eigenvalue weighted by Crippen LogP contribution is 2.44. The van der Waals surface area contributed by atoms with E-state index in [1.807, 2.05) is 0 Å². The van der Waals surface area contributed by atoms with E-state index in [-0.39, 0.29) is 11.0 Å². The van der Waals surface area contributed by atoms with E-state index in [9.17, 15) is 0 Å². The quantitative estimate of drug-likeness (QED) is 0.646. The zero-order valence-electron chi connectivity index (χ0n) is 13.9. The molecule has 0 aliphatic heterocycles. The Kier molecular flexibility index (Phi) is 4.41. The maximum atomic E-state index is 2.47. The summed E-state index contributed by atoms with van der Waals surface area (Å²) in [6.45, 7) is 11.7. The molecule has 2 aromatic rings. The van der Waals surface area contributed by atoms with Gasteiger partial charge in [0.15, 0.2) is 0 Å². The van der Waals surface area contributed by atoms with Gasteiger partial charge in [0, 0.05) is 16.9 Å². The Balaban J connectivity index is 2.57. The molecule has 0 N–H and O–H groups in total. The highest BCUT2D eigenvalue weighted by molar-refractivity contribution is 5.65. The lowest BCUT2D eigenvalue weighted by Gasteiger charge is -2.50. The number of nitrogens with zero attached hydrogens (tertiary/aromatic N) is 1. The first kappa shape index (κ1) is 15.6. The fourth-order valence-electron chi connectivity index (χ4n) is 2.68. The third-order valence-electron chi connectivity index (χ3n) is 5.13. The van der Waals surface area contributed by atoms with Gasteiger partial charge in [-0.05, 0) is 49.9 Å². The Morgan fingerprint density at radius 2 is 1.10 bits per heavy atom. The molecule has 0 amide bonds. The molecule has 0 saturated heterocycles. The third kappa shape index (κ3) is 2.97. The minimum Gasteiger partial charge on any atom is -0.335 e. The summed E-state index contributed by atoms with van der Waals surface area (Å²) in [5.41, 5.74) is 2.69. The molecule has 0 unspecified atom stereocenters. The van der Waals surface area contributed by atoms with Crippen molar-refractivity contribution in [2.24, 2.45) is 5.41 Å². The van der Waals surface area contributed by atoms with E-state index in [0.717, 1.165) is 6.42 Å². The molecule has 21 heavy (non-hydrogen) atoms. The van der Waals surface area contributed by atoms with Gasteiger partial charge in [-0.25, -0.2) is 0 Å². The molecule has 0 saturated carbocycles. The average Bonchev–Trinajstić information content (AvgIpc) is 2.49. The van der Waals surface area contributed by atoms with E-state index in [2.05, 4.69) is 100 Å². The van der Waals surface area contributed by atoms with Crippen LogP contribution in [0.1, 0.15) is 41.0 Å². The average molecular weight is 281 g/mol. The fraction of sp³-hybridized carbons (Fsp3) is 0.400. The number of benzene rings is 2. The standard InChI is InChI=1S/C20H27N/c1-6-19(2,3)20(4,5)21(17-13-9-7-10-14-17)18-15-11-8-12-16-18/h7-16H,6H2,1-5H3. The van der Waals surface area contributed by atoms with Crippen LogP contribution in [0.5, 0.6) is 0 Å². The normalized spacial score (nSPS) is 12.2. The lowest BCUT2D eigenvalue weighted by atomic mass is 9.71. The summed E-state index contributed by atoms with van der Waals surface area (Å²) in [5, 5.41) is 0. The van der Waals surface area contributed by atoms with Crippen LogP contribution >= 0.6 is 0 Å². The van der Waals surface area contributed by atoms with Crippen LogP contribution in [0.4, 0.5) is 11.4 Å². The van der Waals surface area contributed by atoms with Crippen molar-refractivity contribution in [2.45, 2.75) is 46.6 Å². The SMILES string of the molecule is CCC(C)(C)C(C)(C)N(c1ccccc1)c1ccccc1. The molecule has 0 atom stereocenters. The molecule has 0 radical (unpaired) electrons. The highest BCUT2D eigenvalue weighted by atomic mass is 15.2. The van der Waals surface area contributed by atoms with Gasteiger partial charge >= 0.3 is 0 Å². The number of para-hydroxylation sites is 2. The van der Waals surface area contributed by atoms with Crippen molar-refractivity contribution in [1.29, 1.82) is 0 Å². The number of hydrogen-bond acceptors (Lipinski definition) is 1. The minimum atomic E-state index is 0.00442. The summed E-state index contributed by atoms with van der Waals surface area (Å²) in [6.07, 6.45) is 1.14. The van der Waals surface area contributed by atoms with Crippen molar-refractivity contribution < 1.29 is 0 Å². The summed E-state index contributed by atoms with van der Waals surface area (Å²) < 4.78 is 0. The van der Waals surface area contributed by atoms with Crippen LogP contribution in [0.2, 0.25) is 0 Å². The molecule has 0 fully saturated rings. The maximum absolute atomic E-state index is 2.47. The van der Waals surface area contributed by atoms with Crippen molar-refractivity contribution in [3.8, 4) is 0 Å². The van der Waals surface area contributed by atoms with E-state index in [4.69, 9.17) is 0 Å². The van der Waals surface area contributed by atoms with Crippen molar-refractivity contribution in [1.82, 2.24) is 0 Å². The second kappa shape index (κ2) is 5.93. The van der Waals surface area contributed by atoms with Crippen molar-refractivity contribution >= 4 is 11.4 Å². The van der Waals surface area contributed by atoms with E-state index in [0.29, 0.717) is 0 Å². The molecule has 0 heterocycles. The molecule has 2 aromatic carbocycles. The zero-order chi connectivity index (χ0) is 15.5. The van der Waals surface area contributed by atoms with Gasteiger partial charge in [0.25, 0.3) is 0 Å². The summed E-state index contributed by atoms with van der Waals surface area (Å²) >= 11 is 0. The first-order chi connectivity index (χ1) is 9.90. The number of hydrogen-bond donors (Lipinski definition) is 0. The number of anilines is 2. The molecule has 0 spiro atoms. The van der Waals surface area contributed by atoms with Crippen LogP contribution in [0, 0.1) is 5.41 Å².